The van der Waals surface area contributed by atoms with E-state index in [1.54, 1.807) is 0 Å². The number of nitrogens with zero attached hydrogens (tertiary/aromatic N) is 3. The van der Waals surface area contributed by atoms with Gasteiger partial charge in [-0.2, -0.15) is 13.2 Å². The summed E-state index contributed by atoms with van der Waals surface area (Å²) < 4.78 is 38.0. The fourth-order valence-electron chi connectivity index (χ4n) is 6.97. The molecule has 2 amide bonds. The first-order valence-corrected chi connectivity index (χ1v) is 15.7. The Hall–Kier alpha value is -2.82. The Balaban J connectivity index is 0.000000646. The number of carbonyl (C=O) groups is 3. The molecule has 1 aromatic carbocycles. The van der Waals surface area contributed by atoms with E-state index in [0.29, 0.717) is 6.04 Å². The van der Waals surface area contributed by atoms with Crippen molar-refractivity contribution in [2.75, 3.05) is 26.2 Å². The van der Waals surface area contributed by atoms with E-state index >= 15 is 0 Å². The number of aliphatic carboxylic acids is 1. The number of carbonyl (C=O) groups excluding carboxylic acids is 2. The molecule has 0 aliphatic carbocycles. The minimum absolute atomic E-state index is 0.0937. The fraction of sp³-hybridized carbons (Fsp3) is 0.719. The monoisotopic (exact) mass is 611 g/mol. The van der Waals surface area contributed by atoms with Crippen LogP contribution in [-0.2, 0) is 9.53 Å². The Morgan fingerprint density at radius 3 is 2.09 bits per heavy atom. The van der Waals surface area contributed by atoms with Gasteiger partial charge in [-0.25, -0.2) is 9.59 Å². The molecule has 0 saturated carbocycles. The maximum absolute atomic E-state index is 13.2. The van der Waals surface area contributed by atoms with E-state index < -0.39 is 12.1 Å². The van der Waals surface area contributed by atoms with Gasteiger partial charge in [0, 0.05) is 56.7 Å². The molecule has 4 rings (SSSR count). The summed E-state index contributed by atoms with van der Waals surface area (Å²) in [4.78, 5) is 41.9. The fourth-order valence-corrected chi connectivity index (χ4v) is 6.97. The number of hydrogen-bond acceptors (Lipinski definition) is 5. The summed E-state index contributed by atoms with van der Waals surface area (Å²) in [7, 11) is 0. The van der Waals surface area contributed by atoms with E-state index in [0.717, 1.165) is 101 Å². The van der Waals surface area contributed by atoms with E-state index in [2.05, 4.69) is 30.6 Å². The first-order valence-electron chi connectivity index (χ1n) is 15.7. The van der Waals surface area contributed by atoms with Crippen LogP contribution in [0.1, 0.15) is 100 Å². The number of unbranched alkanes of at least 4 members (excludes halogenated alkanes) is 1. The van der Waals surface area contributed by atoms with Crippen LogP contribution in [0.25, 0.3) is 0 Å². The average molecular weight is 612 g/mol. The summed E-state index contributed by atoms with van der Waals surface area (Å²) in [5.74, 6) is -2.58. The van der Waals surface area contributed by atoms with E-state index in [1.807, 2.05) is 36.9 Å². The molecule has 0 radical (unpaired) electrons. The number of ether oxygens (including phenoxy) is 1. The molecule has 3 heterocycles. The summed E-state index contributed by atoms with van der Waals surface area (Å²) in [6.07, 6.45) is 4.12. The number of carboxylic acids is 1. The number of amides is 2. The first kappa shape index (κ1) is 34.7. The number of alkyl halides is 3. The van der Waals surface area contributed by atoms with Crippen LogP contribution in [0, 0.1) is 13.8 Å². The molecule has 3 aliphatic heterocycles. The van der Waals surface area contributed by atoms with Crippen molar-refractivity contribution in [1.82, 2.24) is 14.7 Å². The third-order valence-corrected chi connectivity index (χ3v) is 9.31. The molecular weight excluding hydrogens is 563 g/mol. The van der Waals surface area contributed by atoms with Crippen LogP contribution in [0.15, 0.2) is 18.2 Å². The lowest BCUT2D eigenvalue weighted by Gasteiger charge is -2.46. The van der Waals surface area contributed by atoms with Gasteiger partial charge in [0.2, 0.25) is 0 Å². The van der Waals surface area contributed by atoms with Gasteiger partial charge in [0.25, 0.3) is 5.91 Å². The SMILES string of the molecule is CCCCC1N(C(C)CCC)C(=O)OC12CCN(C1CCN(C(=O)c3c(C)cccc3C)CC1)CC2.O=C(O)C(F)(F)F. The highest BCUT2D eigenvalue weighted by Gasteiger charge is 2.55. The normalized spacial score (nSPS) is 21.8. The second-order valence-corrected chi connectivity index (χ2v) is 12.3. The van der Waals surface area contributed by atoms with Crippen molar-refractivity contribution in [3.8, 4) is 0 Å². The lowest BCUT2D eigenvalue weighted by molar-refractivity contribution is -0.192. The summed E-state index contributed by atoms with van der Waals surface area (Å²) in [5, 5.41) is 7.12. The predicted molar refractivity (Wildman–Crippen MR) is 158 cm³/mol. The Morgan fingerprint density at radius 1 is 1.05 bits per heavy atom. The smallest absolute Gasteiger partial charge is 0.475 e. The molecule has 3 aliphatic rings. The zero-order valence-electron chi connectivity index (χ0n) is 26.2. The minimum atomic E-state index is -5.08. The van der Waals surface area contributed by atoms with Crippen LogP contribution in [-0.4, -0.2) is 93.9 Å². The Labute approximate surface area is 253 Å². The topological polar surface area (TPSA) is 90.4 Å². The summed E-state index contributed by atoms with van der Waals surface area (Å²) in [5.41, 5.74) is 2.67. The summed E-state index contributed by atoms with van der Waals surface area (Å²) >= 11 is 0. The van der Waals surface area contributed by atoms with Gasteiger partial charge in [-0.05, 0) is 57.6 Å². The van der Waals surface area contributed by atoms with Crippen LogP contribution in [0.2, 0.25) is 0 Å². The van der Waals surface area contributed by atoms with Gasteiger partial charge in [-0.3, -0.25) is 14.6 Å². The molecule has 242 valence electrons. The Morgan fingerprint density at radius 2 is 1.60 bits per heavy atom. The van der Waals surface area contributed by atoms with Gasteiger partial charge in [-0.1, -0.05) is 51.3 Å². The van der Waals surface area contributed by atoms with E-state index in [9.17, 15) is 22.8 Å². The number of benzene rings is 1. The number of likely N-dealkylation sites (tertiary alicyclic amines) is 2. The van der Waals surface area contributed by atoms with Gasteiger partial charge in [-0.15, -0.1) is 0 Å². The van der Waals surface area contributed by atoms with Crippen LogP contribution in [0.4, 0.5) is 18.0 Å². The number of carboxylic acid groups (broad SMARTS) is 1. The van der Waals surface area contributed by atoms with Gasteiger partial charge < -0.3 is 14.7 Å². The number of halogens is 3. The molecule has 1 spiro atoms. The number of hydrogen-bond donors (Lipinski definition) is 1. The predicted octanol–water partition coefficient (Wildman–Crippen LogP) is 6.58. The molecule has 3 saturated heterocycles. The van der Waals surface area contributed by atoms with Crippen molar-refractivity contribution in [1.29, 1.82) is 0 Å². The molecule has 2 atom stereocenters. The minimum Gasteiger partial charge on any atom is -0.475 e. The van der Waals surface area contributed by atoms with Gasteiger partial charge in [0.1, 0.15) is 5.60 Å². The molecule has 43 heavy (non-hydrogen) atoms. The Kier molecular flexibility index (Phi) is 11.9. The van der Waals surface area contributed by atoms with Crippen LogP contribution in [0.3, 0.4) is 0 Å². The number of rotatable bonds is 8. The van der Waals surface area contributed by atoms with Crippen LogP contribution < -0.4 is 0 Å². The molecule has 11 heteroatoms. The van der Waals surface area contributed by atoms with E-state index in [1.165, 1.54) is 0 Å². The largest absolute Gasteiger partial charge is 0.490 e. The number of piperidine rings is 2. The van der Waals surface area contributed by atoms with Crippen molar-refractivity contribution in [2.45, 2.75) is 122 Å². The maximum Gasteiger partial charge on any atom is 0.490 e. The standard InChI is InChI=1S/C30H47N3O3.C2HF3O2/c1-6-8-13-26-30(36-29(35)33(26)24(5)10-7-2)16-20-31(21-17-30)25-14-18-32(19-15-25)28(34)27-22(3)11-9-12-23(27)4;3-2(4,5)1(6)7/h9,11-12,24-26H,6-8,10,13-21H2,1-5H3;(H,6,7). The van der Waals surface area contributed by atoms with Crippen molar-refractivity contribution >= 4 is 18.0 Å². The van der Waals surface area contributed by atoms with Gasteiger partial charge >= 0.3 is 18.2 Å². The second kappa shape index (κ2) is 14.8. The van der Waals surface area contributed by atoms with Crippen LogP contribution in [0.5, 0.6) is 0 Å². The zero-order chi connectivity index (χ0) is 31.9. The quantitative estimate of drug-likeness (QED) is 0.358. The third-order valence-electron chi connectivity index (χ3n) is 9.31. The summed E-state index contributed by atoms with van der Waals surface area (Å²) in [6.45, 7) is 14.2. The molecule has 8 nitrogen and oxygen atoms in total. The summed E-state index contributed by atoms with van der Waals surface area (Å²) in [6, 6.07) is 7.03. The molecule has 1 aromatic rings. The van der Waals surface area contributed by atoms with Crippen molar-refractivity contribution in [3.05, 3.63) is 34.9 Å². The molecule has 3 fully saturated rings. The number of aryl methyl sites for hydroxylation is 2. The molecule has 0 aromatic heterocycles. The molecule has 0 bridgehead atoms. The zero-order valence-corrected chi connectivity index (χ0v) is 26.2. The van der Waals surface area contributed by atoms with E-state index in [4.69, 9.17) is 14.6 Å². The second-order valence-electron chi connectivity index (χ2n) is 12.3. The van der Waals surface area contributed by atoms with Gasteiger partial charge in [0.05, 0.1) is 6.04 Å². The Bertz CT molecular complexity index is 1090. The highest BCUT2D eigenvalue weighted by molar-refractivity contribution is 5.97. The van der Waals surface area contributed by atoms with Crippen molar-refractivity contribution in [3.63, 3.8) is 0 Å². The van der Waals surface area contributed by atoms with Crippen LogP contribution >= 0.6 is 0 Å². The first-order chi connectivity index (χ1) is 20.3. The third kappa shape index (κ3) is 8.22. The maximum atomic E-state index is 13.2. The highest BCUT2D eigenvalue weighted by atomic mass is 19.4. The van der Waals surface area contributed by atoms with Crippen molar-refractivity contribution in [2.24, 2.45) is 0 Å². The van der Waals surface area contributed by atoms with E-state index in [-0.39, 0.29) is 29.7 Å². The molecule has 1 N–H and O–H groups in total. The lowest BCUT2D eigenvalue weighted by atomic mass is 9.80. The molecular formula is C32H48F3N3O5. The van der Waals surface area contributed by atoms with Gasteiger partial charge in [0.15, 0.2) is 0 Å². The highest BCUT2D eigenvalue weighted by Crippen LogP contribution is 2.43. The average Bonchev–Trinajstić information content (AvgIpc) is 3.22. The molecule has 2 unspecified atom stereocenters. The van der Waals surface area contributed by atoms with Crippen molar-refractivity contribution < 1.29 is 37.4 Å². The lowest BCUT2D eigenvalue weighted by Crippen LogP contribution is -2.56.